The third kappa shape index (κ3) is 2.85. The number of nitrogens with two attached hydrogens (primary N) is 1. The fourth-order valence-electron chi connectivity index (χ4n) is 1.61. The Bertz CT molecular complexity index is 291. The number of hydrogen-bond acceptors (Lipinski definition) is 3. The summed E-state index contributed by atoms with van der Waals surface area (Å²) < 4.78 is 0. The van der Waals surface area contributed by atoms with Crippen LogP contribution in [-0.4, -0.2) is 47.2 Å². The molecule has 1 aliphatic rings. The summed E-state index contributed by atoms with van der Waals surface area (Å²) in [6.45, 7) is 4.74. The van der Waals surface area contributed by atoms with Crippen molar-refractivity contribution in [3.8, 4) is 0 Å². The third-order valence-electron chi connectivity index (χ3n) is 2.86. The quantitative estimate of drug-likeness (QED) is 0.626. The molecular formula is C10H19N3O3. The Labute approximate surface area is 94.8 Å². The van der Waals surface area contributed by atoms with E-state index in [0.29, 0.717) is 25.6 Å². The van der Waals surface area contributed by atoms with E-state index in [-0.39, 0.29) is 6.03 Å². The molecule has 1 atom stereocenters. The van der Waals surface area contributed by atoms with Gasteiger partial charge in [-0.05, 0) is 32.7 Å². The van der Waals surface area contributed by atoms with Gasteiger partial charge in [0, 0.05) is 13.1 Å². The van der Waals surface area contributed by atoms with E-state index in [1.807, 2.05) is 0 Å². The van der Waals surface area contributed by atoms with Crippen molar-refractivity contribution in [2.45, 2.75) is 25.8 Å². The second-order valence-electron chi connectivity index (χ2n) is 4.70. The van der Waals surface area contributed by atoms with Crippen molar-refractivity contribution < 1.29 is 14.7 Å². The number of nitrogens with one attached hydrogen (secondary N) is 1. The number of aliphatic carboxylic acids is 1. The maximum Gasteiger partial charge on any atom is 0.328 e. The van der Waals surface area contributed by atoms with E-state index < -0.39 is 11.5 Å². The number of carboxylic acid groups (broad SMARTS) is 1. The minimum Gasteiger partial charge on any atom is -0.480 e. The van der Waals surface area contributed by atoms with Crippen LogP contribution in [0.3, 0.4) is 0 Å². The molecule has 4 N–H and O–H groups in total. The van der Waals surface area contributed by atoms with E-state index in [2.05, 4.69) is 5.32 Å². The van der Waals surface area contributed by atoms with Gasteiger partial charge in [0.1, 0.15) is 5.54 Å². The number of carbonyl (C=O) groups is 2. The molecule has 0 spiro atoms. The van der Waals surface area contributed by atoms with E-state index in [0.717, 1.165) is 6.42 Å². The van der Waals surface area contributed by atoms with Gasteiger partial charge < -0.3 is 21.1 Å². The number of amides is 2. The van der Waals surface area contributed by atoms with Crippen LogP contribution < -0.4 is 11.1 Å². The highest BCUT2D eigenvalue weighted by molar-refractivity contribution is 5.85. The van der Waals surface area contributed by atoms with Crippen molar-refractivity contribution >= 4 is 12.0 Å². The molecule has 0 bridgehead atoms. The Morgan fingerprint density at radius 2 is 2.19 bits per heavy atom. The molecule has 0 aromatic heterocycles. The second kappa shape index (κ2) is 4.69. The SMILES string of the molecule is CC(C)(NC(=O)N1CCC(CN)C1)C(=O)O. The first-order chi connectivity index (χ1) is 7.36. The molecule has 0 aromatic carbocycles. The first-order valence-corrected chi connectivity index (χ1v) is 5.37. The third-order valence-corrected chi connectivity index (χ3v) is 2.86. The lowest BCUT2D eigenvalue weighted by molar-refractivity contribution is -0.143. The Balaban J connectivity index is 2.51. The number of hydrogen-bond donors (Lipinski definition) is 3. The number of likely N-dealkylation sites (tertiary alicyclic amines) is 1. The van der Waals surface area contributed by atoms with E-state index >= 15 is 0 Å². The molecule has 1 aliphatic heterocycles. The molecule has 1 fully saturated rings. The van der Waals surface area contributed by atoms with Crippen LogP contribution in [0.2, 0.25) is 0 Å². The van der Waals surface area contributed by atoms with Gasteiger partial charge in [-0.1, -0.05) is 0 Å². The molecule has 2 amide bonds. The smallest absolute Gasteiger partial charge is 0.328 e. The fraction of sp³-hybridized carbons (Fsp3) is 0.800. The summed E-state index contributed by atoms with van der Waals surface area (Å²) in [5, 5.41) is 11.4. The van der Waals surface area contributed by atoms with Gasteiger partial charge in [0.05, 0.1) is 0 Å². The Kier molecular flexibility index (Phi) is 3.74. The minimum absolute atomic E-state index is 0.330. The first-order valence-electron chi connectivity index (χ1n) is 5.37. The average molecular weight is 229 g/mol. The van der Waals surface area contributed by atoms with Crippen LogP contribution in [0.4, 0.5) is 4.79 Å². The number of carbonyl (C=O) groups excluding carboxylic acids is 1. The van der Waals surface area contributed by atoms with Crippen molar-refractivity contribution in [3.63, 3.8) is 0 Å². The van der Waals surface area contributed by atoms with Crippen LogP contribution in [0.5, 0.6) is 0 Å². The molecular weight excluding hydrogens is 210 g/mol. The lowest BCUT2D eigenvalue weighted by Crippen LogP contribution is -2.53. The monoisotopic (exact) mass is 229 g/mol. The van der Waals surface area contributed by atoms with E-state index in [1.54, 1.807) is 4.90 Å². The number of rotatable bonds is 3. The standard InChI is InChI=1S/C10H19N3O3/c1-10(2,8(14)15)12-9(16)13-4-3-7(5-11)6-13/h7H,3-6,11H2,1-2H3,(H,12,16)(H,14,15). The molecule has 16 heavy (non-hydrogen) atoms. The number of nitrogens with zero attached hydrogens (tertiary/aromatic N) is 1. The molecule has 0 aromatic rings. The van der Waals surface area contributed by atoms with Gasteiger partial charge in [-0.2, -0.15) is 0 Å². The zero-order valence-electron chi connectivity index (χ0n) is 9.69. The zero-order chi connectivity index (χ0) is 12.3. The van der Waals surface area contributed by atoms with E-state index in [9.17, 15) is 9.59 Å². The Hall–Kier alpha value is -1.30. The molecule has 0 saturated carbocycles. The van der Waals surface area contributed by atoms with Crippen LogP contribution in [0.25, 0.3) is 0 Å². The van der Waals surface area contributed by atoms with Gasteiger partial charge in [0.25, 0.3) is 0 Å². The predicted molar refractivity (Wildman–Crippen MR) is 59.0 cm³/mol. The van der Waals surface area contributed by atoms with Gasteiger partial charge in [0.15, 0.2) is 0 Å². The van der Waals surface area contributed by atoms with Crippen LogP contribution in [0.1, 0.15) is 20.3 Å². The van der Waals surface area contributed by atoms with Crippen molar-refractivity contribution in [3.05, 3.63) is 0 Å². The van der Waals surface area contributed by atoms with Crippen LogP contribution in [0.15, 0.2) is 0 Å². The summed E-state index contributed by atoms with van der Waals surface area (Å²) in [7, 11) is 0. The highest BCUT2D eigenvalue weighted by Crippen LogP contribution is 2.15. The largest absolute Gasteiger partial charge is 0.480 e. The topological polar surface area (TPSA) is 95.7 Å². The summed E-state index contributed by atoms with van der Waals surface area (Å²) in [6.07, 6.45) is 0.886. The second-order valence-corrected chi connectivity index (χ2v) is 4.70. The van der Waals surface area contributed by atoms with Gasteiger partial charge in [-0.25, -0.2) is 9.59 Å². The maximum atomic E-state index is 11.7. The highest BCUT2D eigenvalue weighted by atomic mass is 16.4. The predicted octanol–water partition coefficient (Wildman–Crippen LogP) is -0.160. The number of carboxylic acids is 1. The van der Waals surface area contributed by atoms with Crippen molar-refractivity contribution in [1.29, 1.82) is 0 Å². The molecule has 1 unspecified atom stereocenters. The van der Waals surface area contributed by atoms with Crippen LogP contribution >= 0.6 is 0 Å². The molecule has 1 heterocycles. The summed E-state index contributed by atoms with van der Waals surface area (Å²) in [5.74, 6) is -0.714. The normalized spacial score (nSPS) is 20.9. The molecule has 1 rings (SSSR count). The minimum atomic E-state index is -1.24. The van der Waals surface area contributed by atoms with Crippen molar-refractivity contribution in [2.24, 2.45) is 11.7 Å². The van der Waals surface area contributed by atoms with Crippen molar-refractivity contribution in [1.82, 2.24) is 10.2 Å². The maximum absolute atomic E-state index is 11.7. The van der Waals surface area contributed by atoms with Gasteiger partial charge in [0.2, 0.25) is 0 Å². The van der Waals surface area contributed by atoms with E-state index in [4.69, 9.17) is 10.8 Å². The average Bonchev–Trinajstić information content (AvgIpc) is 2.64. The lowest BCUT2D eigenvalue weighted by Gasteiger charge is -2.25. The van der Waals surface area contributed by atoms with Crippen molar-refractivity contribution in [2.75, 3.05) is 19.6 Å². The van der Waals surface area contributed by atoms with Gasteiger partial charge >= 0.3 is 12.0 Å². The van der Waals surface area contributed by atoms with Gasteiger partial charge in [-0.15, -0.1) is 0 Å². The molecule has 6 nitrogen and oxygen atoms in total. The van der Waals surface area contributed by atoms with Crippen LogP contribution in [0, 0.1) is 5.92 Å². The Morgan fingerprint density at radius 3 is 2.62 bits per heavy atom. The fourth-order valence-corrected chi connectivity index (χ4v) is 1.61. The molecule has 0 aliphatic carbocycles. The summed E-state index contributed by atoms with van der Waals surface area (Å²) in [4.78, 5) is 24.2. The zero-order valence-corrected chi connectivity index (χ0v) is 9.69. The summed E-state index contributed by atoms with van der Waals surface area (Å²) in [5.41, 5.74) is 4.28. The molecule has 0 radical (unpaired) electrons. The molecule has 1 saturated heterocycles. The van der Waals surface area contributed by atoms with E-state index in [1.165, 1.54) is 13.8 Å². The molecule has 92 valence electrons. The number of urea groups is 1. The Morgan fingerprint density at radius 1 is 1.56 bits per heavy atom. The van der Waals surface area contributed by atoms with Gasteiger partial charge in [-0.3, -0.25) is 0 Å². The molecule has 6 heteroatoms. The summed E-state index contributed by atoms with van der Waals surface area (Å²) >= 11 is 0. The first kappa shape index (κ1) is 12.8. The van der Waals surface area contributed by atoms with Crippen LogP contribution in [-0.2, 0) is 4.79 Å². The lowest BCUT2D eigenvalue weighted by atomic mass is 10.1. The highest BCUT2D eigenvalue weighted by Gasteiger charge is 2.33. The summed E-state index contributed by atoms with van der Waals surface area (Å²) in [6, 6.07) is -0.330.